The number of amides is 2. The van der Waals surface area contributed by atoms with Crippen molar-refractivity contribution < 1.29 is 22.7 Å². The van der Waals surface area contributed by atoms with Crippen LogP contribution >= 0.6 is 0 Å². The smallest absolute Gasteiger partial charge is 0.378 e. The van der Waals surface area contributed by atoms with Crippen LogP contribution in [-0.4, -0.2) is 71.3 Å². The van der Waals surface area contributed by atoms with E-state index < -0.39 is 18.5 Å². The minimum atomic E-state index is -4.22. The lowest BCUT2D eigenvalue weighted by Crippen LogP contribution is -2.36. The first kappa shape index (κ1) is 27.0. The number of urea groups is 1. The Hall–Kier alpha value is -3.60. The summed E-state index contributed by atoms with van der Waals surface area (Å²) in [5, 5.41) is 7.38. The van der Waals surface area contributed by atoms with Crippen LogP contribution in [0.4, 0.5) is 29.5 Å². The van der Waals surface area contributed by atoms with E-state index in [1.165, 1.54) is 4.90 Å². The van der Waals surface area contributed by atoms with E-state index in [0.717, 1.165) is 52.7 Å². The van der Waals surface area contributed by atoms with Gasteiger partial charge in [-0.2, -0.15) is 18.3 Å². The van der Waals surface area contributed by atoms with E-state index in [1.807, 2.05) is 62.0 Å². The highest BCUT2D eigenvalue weighted by atomic mass is 19.4. The van der Waals surface area contributed by atoms with Crippen LogP contribution in [0.1, 0.15) is 24.1 Å². The first-order valence-corrected chi connectivity index (χ1v) is 13.2. The number of nitrogens with zero attached hydrogens (tertiary/aromatic N) is 5. The molecule has 0 saturated carbocycles. The molecular formula is C28H33F3N6O2. The molecule has 2 fully saturated rings. The van der Waals surface area contributed by atoms with Crippen molar-refractivity contribution >= 4 is 17.5 Å². The highest BCUT2D eigenvalue weighted by Gasteiger charge is 2.36. The number of aryl methyl sites for hydroxylation is 3. The molecule has 0 unspecified atom stereocenters. The lowest BCUT2D eigenvalue weighted by atomic mass is 9.99. The van der Waals surface area contributed by atoms with Crippen LogP contribution < -0.4 is 10.2 Å². The van der Waals surface area contributed by atoms with Gasteiger partial charge in [0.2, 0.25) is 0 Å². The topological polar surface area (TPSA) is 75.5 Å². The second-order valence-corrected chi connectivity index (χ2v) is 10.4. The summed E-state index contributed by atoms with van der Waals surface area (Å²) < 4.78 is 45.7. The fourth-order valence-corrected chi connectivity index (χ4v) is 5.33. The van der Waals surface area contributed by atoms with Gasteiger partial charge < -0.3 is 19.9 Å². The van der Waals surface area contributed by atoms with Crippen molar-refractivity contribution in [1.29, 1.82) is 0 Å². The standard InChI is InChI=1S/C28H33F3N6O2/c1-18-4-5-22(32-27(38)37-7-6-20(17-37)16-28(29,30)31)15-23(18)21-13-24(25-12-19(2)34-35(25)3)33-26(14-21)36-8-10-39-11-9-36/h4-5,12-15,20H,6-11,16-17H2,1-3H3,(H,32,38)/t20-/m0/s1. The number of nitrogens with one attached hydrogen (secondary N) is 1. The molecular weight excluding hydrogens is 509 g/mol. The third-order valence-corrected chi connectivity index (χ3v) is 7.30. The third-order valence-electron chi connectivity index (χ3n) is 7.30. The summed E-state index contributed by atoms with van der Waals surface area (Å²) in [5.41, 5.74) is 6.06. The van der Waals surface area contributed by atoms with Crippen LogP contribution in [0.15, 0.2) is 36.4 Å². The van der Waals surface area contributed by atoms with Gasteiger partial charge in [-0.3, -0.25) is 4.68 Å². The Labute approximate surface area is 225 Å². The molecule has 0 radical (unpaired) electrons. The molecule has 2 aromatic heterocycles. The van der Waals surface area contributed by atoms with Crippen LogP contribution in [0.5, 0.6) is 0 Å². The molecule has 1 aromatic carbocycles. The van der Waals surface area contributed by atoms with Gasteiger partial charge in [-0.15, -0.1) is 0 Å². The number of alkyl halides is 3. The molecule has 1 N–H and O–H groups in total. The van der Waals surface area contributed by atoms with Gasteiger partial charge in [-0.25, -0.2) is 9.78 Å². The number of hydrogen-bond acceptors (Lipinski definition) is 5. The molecule has 2 amide bonds. The molecule has 39 heavy (non-hydrogen) atoms. The zero-order valence-corrected chi connectivity index (χ0v) is 22.4. The van der Waals surface area contributed by atoms with E-state index in [4.69, 9.17) is 9.72 Å². The SMILES string of the molecule is Cc1cc(-c2cc(-c3cc(NC(=O)N4CC[C@@H](CC(F)(F)F)C4)ccc3C)cc(N3CCOCC3)n2)n(C)n1. The Morgan fingerprint density at radius 3 is 2.56 bits per heavy atom. The van der Waals surface area contributed by atoms with Crippen molar-refractivity contribution in [3.8, 4) is 22.5 Å². The number of carbonyl (C=O) groups is 1. The minimum absolute atomic E-state index is 0.102. The summed E-state index contributed by atoms with van der Waals surface area (Å²) in [6.07, 6.45) is -4.73. The molecule has 0 aliphatic carbocycles. The maximum absolute atomic E-state index is 12.9. The number of pyridine rings is 1. The van der Waals surface area contributed by atoms with Gasteiger partial charge in [0.05, 0.1) is 30.3 Å². The maximum atomic E-state index is 12.9. The van der Waals surface area contributed by atoms with Gasteiger partial charge >= 0.3 is 12.2 Å². The first-order valence-electron chi connectivity index (χ1n) is 13.2. The molecule has 208 valence electrons. The van der Waals surface area contributed by atoms with E-state index in [1.54, 1.807) is 0 Å². The lowest BCUT2D eigenvalue weighted by Gasteiger charge is -2.28. The molecule has 0 bridgehead atoms. The number of aromatic nitrogens is 3. The van der Waals surface area contributed by atoms with E-state index >= 15 is 0 Å². The monoisotopic (exact) mass is 542 g/mol. The fourth-order valence-electron chi connectivity index (χ4n) is 5.33. The largest absolute Gasteiger partial charge is 0.389 e. The Morgan fingerprint density at radius 1 is 1.10 bits per heavy atom. The van der Waals surface area contributed by atoms with E-state index in [9.17, 15) is 18.0 Å². The molecule has 8 nitrogen and oxygen atoms in total. The molecule has 0 spiro atoms. The predicted molar refractivity (Wildman–Crippen MR) is 144 cm³/mol. The van der Waals surface area contributed by atoms with Crippen molar-refractivity contribution in [2.24, 2.45) is 13.0 Å². The Morgan fingerprint density at radius 2 is 1.87 bits per heavy atom. The van der Waals surface area contributed by atoms with Crippen molar-refractivity contribution in [2.75, 3.05) is 49.6 Å². The highest BCUT2D eigenvalue weighted by molar-refractivity contribution is 5.91. The van der Waals surface area contributed by atoms with Crippen molar-refractivity contribution in [3.63, 3.8) is 0 Å². The molecule has 11 heteroatoms. The van der Waals surface area contributed by atoms with Crippen LogP contribution in [0, 0.1) is 19.8 Å². The van der Waals surface area contributed by atoms with Gasteiger partial charge in [0.15, 0.2) is 0 Å². The third kappa shape index (κ3) is 6.35. The summed E-state index contributed by atoms with van der Waals surface area (Å²) in [5.74, 6) is 0.278. The van der Waals surface area contributed by atoms with Gasteiger partial charge in [0, 0.05) is 45.3 Å². The maximum Gasteiger partial charge on any atom is 0.389 e. The number of halogens is 3. The molecule has 2 aliphatic rings. The van der Waals surface area contributed by atoms with Gasteiger partial charge in [0.25, 0.3) is 0 Å². The molecule has 3 aromatic rings. The fraction of sp³-hybridized carbons (Fsp3) is 0.464. The van der Waals surface area contributed by atoms with Crippen LogP contribution in [-0.2, 0) is 11.8 Å². The Balaban J connectivity index is 1.43. The second kappa shape index (κ2) is 10.9. The lowest BCUT2D eigenvalue weighted by molar-refractivity contribution is -0.143. The van der Waals surface area contributed by atoms with Crippen molar-refractivity contribution in [3.05, 3.63) is 47.7 Å². The summed E-state index contributed by atoms with van der Waals surface area (Å²) in [6, 6.07) is 11.3. The number of hydrogen-bond donors (Lipinski definition) is 1. The van der Waals surface area contributed by atoms with Crippen molar-refractivity contribution in [1.82, 2.24) is 19.7 Å². The number of benzene rings is 1. The van der Waals surface area contributed by atoms with Crippen molar-refractivity contribution in [2.45, 2.75) is 32.9 Å². The molecule has 1 atom stereocenters. The van der Waals surface area contributed by atoms with Gasteiger partial charge in [-0.05, 0) is 73.2 Å². The minimum Gasteiger partial charge on any atom is -0.378 e. The zero-order valence-electron chi connectivity index (χ0n) is 22.4. The number of anilines is 2. The molecule has 4 heterocycles. The predicted octanol–water partition coefficient (Wildman–Crippen LogP) is 5.41. The Kier molecular flexibility index (Phi) is 7.53. The average molecular weight is 543 g/mol. The summed E-state index contributed by atoms with van der Waals surface area (Å²) in [7, 11) is 1.89. The summed E-state index contributed by atoms with van der Waals surface area (Å²) >= 11 is 0. The van der Waals surface area contributed by atoms with Crippen LogP contribution in [0.2, 0.25) is 0 Å². The second-order valence-electron chi connectivity index (χ2n) is 10.4. The molecule has 5 rings (SSSR count). The summed E-state index contributed by atoms with van der Waals surface area (Å²) in [6.45, 7) is 7.10. The number of likely N-dealkylation sites (tertiary alicyclic amines) is 1. The first-order chi connectivity index (χ1) is 18.6. The highest BCUT2D eigenvalue weighted by Crippen LogP contribution is 2.34. The number of carbonyl (C=O) groups excluding carboxylic acids is 1. The number of morpholine rings is 1. The molecule has 2 aliphatic heterocycles. The summed E-state index contributed by atoms with van der Waals surface area (Å²) in [4.78, 5) is 21.5. The van der Waals surface area contributed by atoms with Crippen LogP contribution in [0.3, 0.4) is 0 Å². The van der Waals surface area contributed by atoms with E-state index in [-0.39, 0.29) is 12.6 Å². The number of ether oxygens (including phenoxy) is 1. The zero-order chi connectivity index (χ0) is 27.7. The van der Waals surface area contributed by atoms with Gasteiger partial charge in [-0.1, -0.05) is 6.07 Å². The van der Waals surface area contributed by atoms with E-state index in [2.05, 4.69) is 15.3 Å². The quantitative estimate of drug-likeness (QED) is 0.467. The number of rotatable bonds is 5. The normalized spacial score (nSPS) is 18.1. The Bertz CT molecular complexity index is 1350. The molecule has 2 saturated heterocycles. The van der Waals surface area contributed by atoms with E-state index in [0.29, 0.717) is 31.9 Å². The van der Waals surface area contributed by atoms with Crippen LogP contribution in [0.25, 0.3) is 22.5 Å². The van der Waals surface area contributed by atoms with Gasteiger partial charge in [0.1, 0.15) is 5.82 Å². The average Bonchev–Trinajstić information content (AvgIpc) is 3.49.